The number of aryl methyl sites for hydroxylation is 3. The highest BCUT2D eigenvalue weighted by Crippen LogP contribution is 2.34. The molecule has 1 N–H and O–H groups in total. The zero-order chi connectivity index (χ0) is 30.2. The van der Waals surface area contributed by atoms with Crippen LogP contribution in [0.3, 0.4) is 0 Å². The van der Waals surface area contributed by atoms with Crippen LogP contribution >= 0.6 is 0 Å². The Kier molecular flexibility index (Phi) is 8.02. The highest BCUT2D eigenvalue weighted by Gasteiger charge is 2.31. The Morgan fingerprint density at radius 2 is 1.81 bits per heavy atom. The molecule has 0 atom stereocenters. The molecule has 42 heavy (non-hydrogen) atoms. The summed E-state index contributed by atoms with van der Waals surface area (Å²) >= 11 is 0. The average Bonchev–Trinajstić information content (AvgIpc) is 3.26. The summed E-state index contributed by atoms with van der Waals surface area (Å²) < 4.78 is 40.6. The van der Waals surface area contributed by atoms with E-state index in [0.717, 1.165) is 22.4 Å². The van der Waals surface area contributed by atoms with Crippen molar-refractivity contribution in [3.8, 4) is 11.1 Å². The third-order valence-corrected chi connectivity index (χ3v) is 8.74. The van der Waals surface area contributed by atoms with Crippen molar-refractivity contribution in [2.45, 2.75) is 59.2 Å². The van der Waals surface area contributed by atoms with E-state index in [9.17, 15) is 13.2 Å². The van der Waals surface area contributed by atoms with Crippen LogP contribution in [0.4, 0.5) is 16.4 Å². The number of fused-ring (bicyclic) bond motifs is 1. The van der Waals surface area contributed by atoms with Crippen LogP contribution in [0, 0.1) is 27.7 Å². The summed E-state index contributed by atoms with van der Waals surface area (Å²) in [6, 6.07) is 12.4. The standard InChI is InChI=1S/C30H34N6O5S/c1-7-40-17-23-14-22(15-36-29-26(16-35(6)30(36)37)19(3)31-21(5)32-29)12-13-24(23)25-10-8-9-11-27(25)42(38,39)34-28-18(2)20(4)41-33-28/h8-14H,7,15-17H2,1-6H3,(H,33,34). The van der Waals surface area contributed by atoms with Crippen LogP contribution in [0.2, 0.25) is 0 Å². The Labute approximate surface area is 245 Å². The Hall–Kier alpha value is -4.29. The molecular weight excluding hydrogens is 556 g/mol. The fourth-order valence-electron chi connectivity index (χ4n) is 5.01. The molecule has 2 aromatic heterocycles. The van der Waals surface area contributed by atoms with Crippen LogP contribution < -0.4 is 9.62 Å². The zero-order valence-corrected chi connectivity index (χ0v) is 25.4. The number of anilines is 2. The number of hydrogen-bond donors (Lipinski definition) is 1. The Morgan fingerprint density at radius 1 is 1.05 bits per heavy atom. The lowest BCUT2D eigenvalue weighted by Gasteiger charge is -2.35. The second-order valence-electron chi connectivity index (χ2n) is 10.3. The molecule has 0 bridgehead atoms. The van der Waals surface area contributed by atoms with Crippen molar-refractivity contribution < 1.29 is 22.5 Å². The van der Waals surface area contributed by atoms with E-state index in [1.54, 1.807) is 55.0 Å². The van der Waals surface area contributed by atoms with Gasteiger partial charge in [-0.05, 0) is 57.4 Å². The minimum Gasteiger partial charge on any atom is -0.377 e. The predicted octanol–water partition coefficient (Wildman–Crippen LogP) is 5.27. The number of carbonyl (C=O) groups excluding carboxylic acids is 1. The van der Waals surface area contributed by atoms with Crippen molar-refractivity contribution in [3.63, 3.8) is 0 Å². The van der Waals surface area contributed by atoms with E-state index >= 15 is 0 Å². The van der Waals surface area contributed by atoms with Crippen molar-refractivity contribution in [2.75, 3.05) is 23.3 Å². The number of rotatable bonds is 9. The maximum absolute atomic E-state index is 13.6. The molecule has 12 heteroatoms. The van der Waals surface area contributed by atoms with E-state index < -0.39 is 10.0 Å². The molecule has 0 aliphatic carbocycles. The van der Waals surface area contributed by atoms with Gasteiger partial charge in [0.05, 0.1) is 24.6 Å². The molecule has 5 rings (SSSR count). The van der Waals surface area contributed by atoms with Gasteiger partial charge in [-0.15, -0.1) is 0 Å². The third kappa shape index (κ3) is 5.59. The monoisotopic (exact) mass is 590 g/mol. The number of aromatic nitrogens is 3. The van der Waals surface area contributed by atoms with Gasteiger partial charge in [-0.2, -0.15) is 0 Å². The van der Waals surface area contributed by atoms with Crippen molar-refractivity contribution >= 4 is 27.7 Å². The maximum Gasteiger partial charge on any atom is 0.326 e. The fraction of sp³-hybridized carbons (Fsp3) is 0.333. The van der Waals surface area contributed by atoms with E-state index in [2.05, 4.69) is 19.8 Å². The van der Waals surface area contributed by atoms with Gasteiger partial charge in [0.15, 0.2) is 5.82 Å². The summed E-state index contributed by atoms with van der Waals surface area (Å²) in [7, 11) is -2.25. The van der Waals surface area contributed by atoms with Gasteiger partial charge in [0, 0.05) is 36.0 Å². The summed E-state index contributed by atoms with van der Waals surface area (Å²) in [5.41, 5.74) is 5.24. The first kappa shape index (κ1) is 29.2. The summed E-state index contributed by atoms with van der Waals surface area (Å²) in [6.07, 6.45) is 0. The topological polar surface area (TPSA) is 131 Å². The minimum atomic E-state index is -4.01. The van der Waals surface area contributed by atoms with Crippen LogP contribution in [0.15, 0.2) is 51.9 Å². The molecule has 0 fully saturated rings. The van der Waals surface area contributed by atoms with Gasteiger partial charge in [-0.1, -0.05) is 41.6 Å². The van der Waals surface area contributed by atoms with Crippen LogP contribution in [-0.2, 0) is 34.5 Å². The third-order valence-electron chi connectivity index (χ3n) is 7.34. The molecule has 0 spiro atoms. The summed E-state index contributed by atoms with van der Waals surface area (Å²) in [5, 5.41) is 3.86. The van der Waals surface area contributed by atoms with Gasteiger partial charge in [0.1, 0.15) is 17.4 Å². The lowest BCUT2D eigenvalue weighted by atomic mass is 9.97. The summed E-state index contributed by atoms with van der Waals surface area (Å²) in [5.74, 6) is 1.90. The SMILES string of the molecule is CCOCc1cc(CN2C(=O)N(C)Cc3c(C)nc(C)nc32)ccc1-c1ccccc1S(=O)(=O)Nc1noc(C)c1C. The fourth-order valence-corrected chi connectivity index (χ4v) is 6.29. The predicted molar refractivity (Wildman–Crippen MR) is 159 cm³/mol. The molecular formula is C30H34N6O5S. The molecule has 0 radical (unpaired) electrons. The average molecular weight is 591 g/mol. The Balaban J connectivity index is 1.54. The van der Waals surface area contributed by atoms with E-state index in [0.29, 0.717) is 47.2 Å². The number of nitrogens with zero attached hydrogens (tertiary/aromatic N) is 5. The lowest BCUT2D eigenvalue weighted by Crippen LogP contribution is -2.45. The molecule has 2 aromatic carbocycles. The van der Waals surface area contributed by atoms with Crippen LogP contribution in [0.25, 0.3) is 11.1 Å². The number of urea groups is 1. The molecule has 3 heterocycles. The highest BCUT2D eigenvalue weighted by molar-refractivity contribution is 7.92. The Morgan fingerprint density at radius 3 is 2.52 bits per heavy atom. The van der Waals surface area contributed by atoms with Crippen LogP contribution in [-0.4, -0.2) is 48.1 Å². The van der Waals surface area contributed by atoms with Crippen LogP contribution in [0.1, 0.15) is 46.5 Å². The Bertz CT molecular complexity index is 1770. The van der Waals surface area contributed by atoms with E-state index in [1.807, 2.05) is 39.0 Å². The van der Waals surface area contributed by atoms with Crippen molar-refractivity contribution in [1.82, 2.24) is 20.0 Å². The van der Waals surface area contributed by atoms with E-state index in [-0.39, 0.29) is 29.9 Å². The molecule has 2 amide bonds. The smallest absolute Gasteiger partial charge is 0.326 e. The van der Waals surface area contributed by atoms with Gasteiger partial charge in [-0.25, -0.2) is 23.2 Å². The van der Waals surface area contributed by atoms with Crippen molar-refractivity contribution in [2.24, 2.45) is 0 Å². The van der Waals surface area contributed by atoms with E-state index in [4.69, 9.17) is 9.26 Å². The molecule has 0 unspecified atom stereocenters. The highest BCUT2D eigenvalue weighted by atomic mass is 32.2. The largest absolute Gasteiger partial charge is 0.377 e. The van der Waals surface area contributed by atoms with Crippen molar-refractivity contribution in [1.29, 1.82) is 0 Å². The second kappa shape index (κ2) is 11.5. The second-order valence-corrected chi connectivity index (χ2v) is 12.0. The summed E-state index contributed by atoms with van der Waals surface area (Å²) in [6.45, 7) is 10.6. The molecule has 1 aliphatic rings. The number of hydrogen-bond acceptors (Lipinski definition) is 8. The van der Waals surface area contributed by atoms with Crippen LogP contribution in [0.5, 0.6) is 0 Å². The normalized spacial score (nSPS) is 13.4. The zero-order valence-electron chi connectivity index (χ0n) is 24.6. The molecule has 11 nitrogen and oxygen atoms in total. The molecule has 4 aromatic rings. The number of sulfonamides is 1. The van der Waals surface area contributed by atoms with Gasteiger partial charge >= 0.3 is 6.03 Å². The maximum atomic E-state index is 13.6. The van der Waals surface area contributed by atoms with Gasteiger partial charge in [0.25, 0.3) is 10.0 Å². The first-order valence-electron chi connectivity index (χ1n) is 13.6. The van der Waals surface area contributed by atoms with Gasteiger partial charge in [-0.3, -0.25) is 9.62 Å². The first-order valence-corrected chi connectivity index (χ1v) is 15.1. The molecule has 0 saturated heterocycles. The van der Waals surface area contributed by atoms with Crippen molar-refractivity contribution in [3.05, 3.63) is 82.0 Å². The quantitative estimate of drug-likeness (QED) is 0.279. The number of amides is 2. The van der Waals surface area contributed by atoms with Gasteiger partial charge < -0.3 is 14.2 Å². The molecule has 1 aliphatic heterocycles. The molecule has 220 valence electrons. The van der Waals surface area contributed by atoms with Gasteiger partial charge in [0.2, 0.25) is 0 Å². The lowest BCUT2D eigenvalue weighted by molar-refractivity contribution is 0.134. The number of ether oxygens (including phenoxy) is 1. The van der Waals surface area contributed by atoms with E-state index in [1.165, 1.54) is 0 Å². The minimum absolute atomic E-state index is 0.0972. The first-order chi connectivity index (χ1) is 20.0. The number of benzene rings is 2. The number of carbonyl (C=O) groups is 1. The summed E-state index contributed by atoms with van der Waals surface area (Å²) in [4.78, 5) is 25.8. The molecule has 0 saturated carbocycles. The number of nitrogens with one attached hydrogen (secondary N) is 1.